The molecule has 9 heteroatoms. The number of amides is 1. The van der Waals surface area contributed by atoms with Gasteiger partial charge in [0.25, 0.3) is 0 Å². The Morgan fingerprint density at radius 1 is 1.09 bits per heavy atom. The molecule has 2 N–H and O–H groups in total. The first-order valence-electron chi connectivity index (χ1n) is 12.4. The van der Waals surface area contributed by atoms with Gasteiger partial charge in [-0.25, -0.2) is 0 Å². The van der Waals surface area contributed by atoms with Crippen LogP contribution in [0.2, 0.25) is 0 Å². The van der Waals surface area contributed by atoms with Gasteiger partial charge in [0.2, 0.25) is 5.91 Å². The monoisotopic (exact) mass is 495 g/mol. The summed E-state index contributed by atoms with van der Waals surface area (Å²) in [5.74, 6) is -2.64. The molecule has 3 aliphatic carbocycles. The molecule has 1 spiro atoms. The van der Waals surface area contributed by atoms with E-state index < -0.39 is 53.0 Å². The second kappa shape index (κ2) is 8.87. The Morgan fingerprint density at radius 3 is 2.38 bits per heavy atom. The molecule has 188 valence electrons. The summed E-state index contributed by atoms with van der Waals surface area (Å²) in [7, 11) is 3.14. The molecule has 3 fully saturated rings. The second-order valence-corrected chi connectivity index (χ2v) is 11.1. The largest absolute Gasteiger partial charge is 0.489 e. The number of ether oxygens (including phenoxy) is 4. The van der Waals surface area contributed by atoms with Crippen molar-refractivity contribution in [2.45, 2.75) is 87.3 Å². The van der Waals surface area contributed by atoms with Crippen molar-refractivity contribution in [2.75, 3.05) is 14.2 Å². The third-order valence-electron chi connectivity index (χ3n) is 8.87. The second-order valence-electron chi connectivity index (χ2n) is 10.6. The van der Waals surface area contributed by atoms with Gasteiger partial charge in [0.15, 0.2) is 17.2 Å². The molecule has 2 saturated carbocycles. The Morgan fingerprint density at radius 2 is 1.76 bits per heavy atom. The highest BCUT2D eigenvalue weighted by Gasteiger charge is 2.70. The minimum atomic E-state index is -1.48. The van der Waals surface area contributed by atoms with E-state index in [0.29, 0.717) is 6.42 Å². The summed E-state index contributed by atoms with van der Waals surface area (Å²) in [4.78, 5) is 40.2. The fourth-order valence-electron chi connectivity index (χ4n) is 7.15. The zero-order valence-corrected chi connectivity index (χ0v) is 20.7. The van der Waals surface area contributed by atoms with Gasteiger partial charge < -0.3 is 24.7 Å². The summed E-state index contributed by atoms with van der Waals surface area (Å²) >= 11 is 6.77. The Labute approximate surface area is 204 Å². The van der Waals surface area contributed by atoms with Gasteiger partial charge in [-0.1, -0.05) is 26.2 Å². The van der Waals surface area contributed by atoms with Crippen LogP contribution in [0, 0.1) is 23.7 Å². The quantitative estimate of drug-likeness (QED) is 0.595. The van der Waals surface area contributed by atoms with Crippen molar-refractivity contribution in [3.63, 3.8) is 0 Å². The van der Waals surface area contributed by atoms with Gasteiger partial charge in [0.05, 0.1) is 35.2 Å². The summed E-state index contributed by atoms with van der Waals surface area (Å²) in [6.07, 6.45) is 3.56. The van der Waals surface area contributed by atoms with Crippen molar-refractivity contribution in [1.82, 2.24) is 0 Å². The number of nitrogens with two attached hydrogens (primary N) is 1. The van der Waals surface area contributed by atoms with E-state index in [1.54, 1.807) is 14.2 Å². The average Bonchev–Trinajstić information content (AvgIpc) is 3.38. The van der Waals surface area contributed by atoms with E-state index in [9.17, 15) is 14.4 Å². The number of carbonyl (C=O) groups is 3. The van der Waals surface area contributed by atoms with Crippen LogP contribution in [-0.4, -0.2) is 67.1 Å². The Kier molecular flexibility index (Phi) is 6.32. The number of primary amides is 1. The molecule has 8 nitrogen and oxygen atoms in total. The highest BCUT2D eigenvalue weighted by Crippen LogP contribution is 2.57. The fourth-order valence-corrected chi connectivity index (χ4v) is 7.56. The maximum atomic E-state index is 14.2. The number of alkyl halides is 1. The van der Waals surface area contributed by atoms with Crippen LogP contribution in [0.25, 0.3) is 0 Å². The molecule has 5 rings (SSSR count). The highest BCUT2D eigenvalue weighted by molar-refractivity contribution is 6.22. The molecule has 2 heterocycles. The molecule has 0 aromatic heterocycles. The van der Waals surface area contributed by atoms with Gasteiger partial charge in [0.1, 0.15) is 17.8 Å². The van der Waals surface area contributed by atoms with Crippen LogP contribution in [0.15, 0.2) is 11.3 Å². The molecule has 1 amide bonds. The van der Waals surface area contributed by atoms with Crippen LogP contribution in [0.5, 0.6) is 0 Å². The third kappa shape index (κ3) is 3.32. The highest BCUT2D eigenvalue weighted by atomic mass is 35.5. The van der Waals surface area contributed by atoms with Gasteiger partial charge >= 0.3 is 0 Å². The Bertz CT molecular complexity index is 915. The van der Waals surface area contributed by atoms with Crippen molar-refractivity contribution in [3.8, 4) is 0 Å². The molecule has 5 aliphatic rings. The van der Waals surface area contributed by atoms with Crippen LogP contribution in [-0.2, 0) is 33.3 Å². The van der Waals surface area contributed by atoms with Gasteiger partial charge in [-0.05, 0) is 18.8 Å². The number of hydrogen-bond donors (Lipinski definition) is 1. The van der Waals surface area contributed by atoms with Gasteiger partial charge in [-0.2, -0.15) is 0 Å². The zero-order chi connectivity index (χ0) is 24.4. The Balaban J connectivity index is 1.60. The predicted octanol–water partition coefficient (Wildman–Crippen LogP) is 2.29. The van der Waals surface area contributed by atoms with Gasteiger partial charge in [-0.3, -0.25) is 14.4 Å². The number of fused-ring (bicyclic) bond motifs is 2. The van der Waals surface area contributed by atoms with E-state index in [4.69, 9.17) is 36.3 Å². The van der Waals surface area contributed by atoms with Crippen LogP contribution < -0.4 is 5.73 Å². The number of Topliss-reactive ketones (excluding diaryl/α,β-unsaturated/α-hetero) is 2. The van der Waals surface area contributed by atoms with Crippen molar-refractivity contribution in [3.05, 3.63) is 11.3 Å². The SMILES string of the molecule is COC1CC(OC)C2C(=O)[C@@]3(OC2C1Cl)C1=C(C(=O)C[C@H]3C)[C@H](C(N)=O)[C@@H](C2CCCCC2)O1. The van der Waals surface area contributed by atoms with Crippen LogP contribution in [0.3, 0.4) is 0 Å². The molecule has 34 heavy (non-hydrogen) atoms. The lowest BCUT2D eigenvalue weighted by molar-refractivity contribution is -0.147. The molecule has 1 saturated heterocycles. The standard InChI is InChI=1S/C25H34ClNO7/c1-11-9-13(28)16-18(24(27)30)20(12-7-5-4-6-8-12)33-23(16)25(11)22(29)17-14(31-2)10-15(32-3)19(26)21(17)34-25/h11-12,14-15,17-21H,4-10H2,1-3H3,(H2,27,30)/t11-,14?,15?,17?,18+,19?,20-,21?,25-/m1/s1. The minimum Gasteiger partial charge on any atom is -0.489 e. The number of methoxy groups -OCH3 is 2. The van der Waals surface area contributed by atoms with E-state index in [-0.39, 0.29) is 41.3 Å². The zero-order valence-electron chi connectivity index (χ0n) is 20.0. The van der Waals surface area contributed by atoms with Gasteiger partial charge in [0, 0.05) is 33.0 Å². The number of ketones is 2. The Hall–Kier alpha value is -1.48. The smallest absolute Gasteiger partial charge is 0.229 e. The molecule has 0 radical (unpaired) electrons. The summed E-state index contributed by atoms with van der Waals surface area (Å²) in [6.45, 7) is 1.83. The van der Waals surface area contributed by atoms with Crippen LogP contribution in [0.1, 0.15) is 51.9 Å². The maximum absolute atomic E-state index is 14.2. The van der Waals surface area contributed by atoms with Crippen LogP contribution >= 0.6 is 11.6 Å². The van der Waals surface area contributed by atoms with Crippen molar-refractivity contribution < 1.29 is 33.3 Å². The molecular formula is C25H34ClNO7. The van der Waals surface area contributed by atoms with E-state index in [0.717, 1.165) is 32.1 Å². The molecule has 0 aromatic rings. The third-order valence-corrected chi connectivity index (χ3v) is 9.40. The number of carbonyl (C=O) groups excluding carboxylic acids is 3. The molecule has 9 atom stereocenters. The van der Waals surface area contributed by atoms with Crippen LogP contribution in [0.4, 0.5) is 0 Å². The molecule has 0 bridgehead atoms. The lowest BCUT2D eigenvalue weighted by atomic mass is 9.68. The van der Waals surface area contributed by atoms with E-state index in [1.165, 1.54) is 0 Å². The normalized spacial score (nSPS) is 44.8. The first kappa shape index (κ1) is 24.2. The van der Waals surface area contributed by atoms with Crippen molar-refractivity contribution >= 4 is 29.1 Å². The van der Waals surface area contributed by atoms with Gasteiger partial charge in [-0.15, -0.1) is 11.6 Å². The number of hydrogen-bond acceptors (Lipinski definition) is 7. The fraction of sp³-hybridized carbons (Fsp3) is 0.800. The summed E-state index contributed by atoms with van der Waals surface area (Å²) in [5.41, 5.74) is 4.60. The lowest BCUT2D eigenvalue weighted by Gasteiger charge is -2.39. The number of rotatable bonds is 4. The summed E-state index contributed by atoms with van der Waals surface area (Å²) in [5, 5.41) is -0.568. The minimum absolute atomic E-state index is 0.0762. The maximum Gasteiger partial charge on any atom is 0.229 e. The molecule has 2 aliphatic heterocycles. The lowest BCUT2D eigenvalue weighted by Crippen LogP contribution is -2.52. The summed E-state index contributed by atoms with van der Waals surface area (Å²) < 4.78 is 24.3. The average molecular weight is 496 g/mol. The summed E-state index contributed by atoms with van der Waals surface area (Å²) in [6, 6.07) is 0. The van der Waals surface area contributed by atoms with Crippen molar-refractivity contribution in [2.24, 2.45) is 29.4 Å². The number of halogens is 1. The molecule has 5 unspecified atom stereocenters. The molecule has 0 aromatic carbocycles. The first-order valence-corrected chi connectivity index (χ1v) is 12.9. The molecular weight excluding hydrogens is 462 g/mol. The van der Waals surface area contributed by atoms with Crippen molar-refractivity contribution in [1.29, 1.82) is 0 Å². The first-order chi connectivity index (χ1) is 16.3. The topological polar surface area (TPSA) is 114 Å². The van der Waals surface area contributed by atoms with E-state index in [1.807, 2.05) is 6.92 Å². The van der Waals surface area contributed by atoms with E-state index in [2.05, 4.69) is 0 Å². The predicted molar refractivity (Wildman–Crippen MR) is 122 cm³/mol. The van der Waals surface area contributed by atoms with E-state index >= 15 is 0 Å².